The lowest BCUT2D eigenvalue weighted by atomic mass is 9.76. The highest BCUT2D eigenvalue weighted by Gasteiger charge is 2.49. The molecule has 0 bridgehead atoms. The zero-order valence-electron chi connectivity index (χ0n) is 9.27. The Morgan fingerprint density at radius 2 is 2.07 bits per heavy atom. The van der Waals surface area contributed by atoms with E-state index in [4.69, 9.17) is 0 Å². The molecule has 82 valence electrons. The summed E-state index contributed by atoms with van der Waals surface area (Å²) in [6, 6.07) is 0. The van der Waals surface area contributed by atoms with Crippen molar-refractivity contribution in [2.75, 3.05) is 6.54 Å². The third-order valence-electron chi connectivity index (χ3n) is 3.59. The van der Waals surface area contributed by atoms with Crippen LogP contribution in [0.15, 0.2) is 12.2 Å². The van der Waals surface area contributed by atoms with Gasteiger partial charge in [0, 0.05) is 6.54 Å². The molecular formula is C12H17NO2. The number of carbonyl (C=O) groups is 2. The van der Waals surface area contributed by atoms with Crippen LogP contribution in [0.4, 0.5) is 0 Å². The predicted molar refractivity (Wildman–Crippen MR) is 56.9 cm³/mol. The molecule has 0 aromatic rings. The van der Waals surface area contributed by atoms with Crippen LogP contribution in [0.1, 0.15) is 26.7 Å². The fourth-order valence-electron chi connectivity index (χ4n) is 2.76. The number of amides is 2. The Labute approximate surface area is 90.1 Å². The highest BCUT2D eigenvalue weighted by Crippen LogP contribution is 2.39. The average molecular weight is 207 g/mol. The van der Waals surface area contributed by atoms with Crippen LogP contribution in [0, 0.1) is 17.8 Å². The van der Waals surface area contributed by atoms with Crippen LogP contribution in [0.25, 0.3) is 0 Å². The third-order valence-corrected chi connectivity index (χ3v) is 3.59. The topological polar surface area (TPSA) is 37.4 Å². The minimum absolute atomic E-state index is 0.0373. The van der Waals surface area contributed by atoms with Crippen LogP contribution in [-0.4, -0.2) is 23.3 Å². The Morgan fingerprint density at radius 3 is 2.67 bits per heavy atom. The Hall–Kier alpha value is -1.12. The number of fused-ring (bicyclic) bond motifs is 1. The van der Waals surface area contributed by atoms with Crippen molar-refractivity contribution in [2.45, 2.75) is 26.7 Å². The van der Waals surface area contributed by atoms with E-state index in [9.17, 15) is 9.59 Å². The lowest BCUT2D eigenvalue weighted by Gasteiger charge is -2.24. The maximum absolute atomic E-state index is 12.0. The second-order valence-electron chi connectivity index (χ2n) is 4.29. The summed E-state index contributed by atoms with van der Waals surface area (Å²) in [6.45, 7) is 4.45. The molecule has 2 amide bonds. The van der Waals surface area contributed by atoms with E-state index < -0.39 is 0 Å². The summed E-state index contributed by atoms with van der Waals surface area (Å²) in [6.07, 6.45) is 5.83. The molecule has 3 heteroatoms. The maximum Gasteiger partial charge on any atom is 0.233 e. The van der Waals surface area contributed by atoms with E-state index >= 15 is 0 Å². The molecule has 0 saturated carbocycles. The molecule has 3 nitrogen and oxygen atoms in total. The number of hydrogen-bond acceptors (Lipinski definition) is 2. The number of hydrogen-bond donors (Lipinski definition) is 0. The molecule has 0 radical (unpaired) electrons. The van der Waals surface area contributed by atoms with Crippen molar-refractivity contribution >= 4 is 11.8 Å². The second-order valence-corrected chi connectivity index (χ2v) is 4.29. The van der Waals surface area contributed by atoms with E-state index in [1.165, 1.54) is 4.90 Å². The molecule has 2 aliphatic rings. The maximum atomic E-state index is 12.0. The normalized spacial score (nSPS) is 34.8. The van der Waals surface area contributed by atoms with Crippen molar-refractivity contribution in [3.05, 3.63) is 12.2 Å². The molecule has 3 atom stereocenters. The van der Waals surface area contributed by atoms with Crippen LogP contribution in [-0.2, 0) is 9.59 Å². The van der Waals surface area contributed by atoms with Crippen LogP contribution in [0.3, 0.4) is 0 Å². The van der Waals surface area contributed by atoms with E-state index in [0.29, 0.717) is 6.54 Å². The lowest BCUT2D eigenvalue weighted by molar-refractivity contribution is -0.139. The molecule has 15 heavy (non-hydrogen) atoms. The number of nitrogens with zero attached hydrogens (tertiary/aromatic N) is 1. The first kappa shape index (κ1) is 10.4. The summed E-state index contributed by atoms with van der Waals surface area (Å²) in [5.74, 6) is 0.190. The van der Waals surface area contributed by atoms with E-state index in [1.54, 1.807) is 0 Å². The number of allylic oxidation sites excluding steroid dienone is 2. The Balaban J connectivity index is 2.31. The van der Waals surface area contributed by atoms with E-state index in [2.05, 4.69) is 19.1 Å². The van der Waals surface area contributed by atoms with Gasteiger partial charge in [0.05, 0.1) is 11.8 Å². The second kappa shape index (κ2) is 3.80. The van der Waals surface area contributed by atoms with Crippen molar-refractivity contribution in [1.82, 2.24) is 4.90 Å². The summed E-state index contributed by atoms with van der Waals surface area (Å²) in [4.78, 5) is 25.4. The van der Waals surface area contributed by atoms with Crippen LogP contribution >= 0.6 is 0 Å². The Morgan fingerprint density at radius 1 is 1.33 bits per heavy atom. The molecular weight excluding hydrogens is 190 g/mol. The lowest BCUT2D eigenvalue weighted by Crippen LogP contribution is -2.31. The van der Waals surface area contributed by atoms with Crippen molar-refractivity contribution < 1.29 is 9.59 Å². The molecule has 1 fully saturated rings. The van der Waals surface area contributed by atoms with Crippen molar-refractivity contribution in [1.29, 1.82) is 0 Å². The van der Waals surface area contributed by atoms with Crippen LogP contribution < -0.4 is 0 Å². The van der Waals surface area contributed by atoms with Gasteiger partial charge in [-0.1, -0.05) is 19.1 Å². The summed E-state index contributed by atoms with van der Waals surface area (Å²) in [5.41, 5.74) is 0. The van der Waals surface area contributed by atoms with E-state index in [1.807, 2.05) is 6.92 Å². The first-order valence-corrected chi connectivity index (χ1v) is 5.72. The van der Waals surface area contributed by atoms with Gasteiger partial charge in [-0.05, 0) is 25.7 Å². The minimum atomic E-state index is -0.0765. The summed E-state index contributed by atoms with van der Waals surface area (Å²) >= 11 is 0. The van der Waals surface area contributed by atoms with Gasteiger partial charge >= 0.3 is 0 Å². The number of likely N-dealkylation sites (tertiary alicyclic amines) is 1. The number of carbonyl (C=O) groups excluding carboxylic acids is 2. The summed E-state index contributed by atoms with van der Waals surface area (Å²) in [7, 11) is 0. The number of imide groups is 1. The summed E-state index contributed by atoms with van der Waals surface area (Å²) < 4.78 is 0. The van der Waals surface area contributed by atoms with Gasteiger partial charge in [-0.3, -0.25) is 14.5 Å². The van der Waals surface area contributed by atoms with Gasteiger partial charge in [0.25, 0.3) is 0 Å². The van der Waals surface area contributed by atoms with Crippen LogP contribution in [0.2, 0.25) is 0 Å². The van der Waals surface area contributed by atoms with Gasteiger partial charge in [0.15, 0.2) is 0 Å². The zero-order valence-corrected chi connectivity index (χ0v) is 9.27. The molecule has 2 rings (SSSR count). The minimum Gasteiger partial charge on any atom is -0.282 e. The monoisotopic (exact) mass is 207 g/mol. The highest BCUT2D eigenvalue weighted by atomic mass is 16.2. The Bertz CT molecular complexity index is 322. The Kier molecular flexibility index (Phi) is 2.63. The predicted octanol–water partition coefficient (Wildman–Crippen LogP) is 1.59. The zero-order chi connectivity index (χ0) is 11.0. The van der Waals surface area contributed by atoms with Gasteiger partial charge in [-0.2, -0.15) is 0 Å². The van der Waals surface area contributed by atoms with Crippen molar-refractivity contribution in [3.63, 3.8) is 0 Å². The molecule has 1 aliphatic heterocycles. The largest absolute Gasteiger partial charge is 0.282 e. The average Bonchev–Trinajstić information content (AvgIpc) is 2.51. The highest BCUT2D eigenvalue weighted by molar-refractivity contribution is 6.05. The van der Waals surface area contributed by atoms with E-state index in [-0.39, 0.29) is 29.6 Å². The molecule has 1 aliphatic carbocycles. The van der Waals surface area contributed by atoms with Gasteiger partial charge in [-0.15, -0.1) is 0 Å². The van der Waals surface area contributed by atoms with Crippen molar-refractivity contribution in [3.8, 4) is 0 Å². The fraction of sp³-hybridized carbons (Fsp3) is 0.667. The fourth-order valence-corrected chi connectivity index (χ4v) is 2.76. The third kappa shape index (κ3) is 1.41. The van der Waals surface area contributed by atoms with Crippen molar-refractivity contribution in [2.24, 2.45) is 17.8 Å². The first-order valence-electron chi connectivity index (χ1n) is 5.72. The van der Waals surface area contributed by atoms with Gasteiger partial charge in [0.2, 0.25) is 11.8 Å². The van der Waals surface area contributed by atoms with Gasteiger partial charge < -0.3 is 0 Å². The standard InChI is InChI=1S/C12H17NO2/c1-3-8-6-5-7-9-10(8)12(15)13(4-2)11(9)14/h5-6,8-10H,3-4,7H2,1-2H3. The molecule has 0 spiro atoms. The molecule has 0 N–H and O–H groups in total. The first-order chi connectivity index (χ1) is 7.20. The molecule has 3 unspecified atom stereocenters. The summed E-state index contributed by atoms with van der Waals surface area (Å²) in [5, 5.41) is 0. The number of rotatable bonds is 2. The molecule has 0 aromatic carbocycles. The molecule has 1 heterocycles. The van der Waals surface area contributed by atoms with E-state index in [0.717, 1.165) is 12.8 Å². The quantitative estimate of drug-likeness (QED) is 0.509. The van der Waals surface area contributed by atoms with Gasteiger partial charge in [-0.25, -0.2) is 0 Å². The smallest absolute Gasteiger partial charge is 0.233 e. The SMILES string of the molecule is CCC1C=CCC2C(=O)N(CC)C(=O)C12. The molecule has 0 aromatic heterocycles. The molecule has 1 saturated heterocycles. The van der Waals surface area contributed by atoms with Crippen LogP contribution in [0.5, 0.6) is 0 Å². The van der Waals surface area contributed by atoms with Gasteiger partial charge in [0.1, 0.15) is 0 Å².